The van der Waals surface area contributed by atoms with Crippen molar-refractivity contribution in [1.29, 1.82) is 0 Å². The fraction of sp³-hybridized carbons (Fsp3) is 0.889. The van der Waals surface area contributed by atoms with Crippen LogP contribution in [0.25, 0.3) is 0 Å². The second-order valence-corrected chi connectivity index (χ2v) is 9.93. The molecule has 5 heteroatoms. The Morgan fingerprint density at radius 3 is 2.52 bits per heavy atom. The highest BCUT2D eigenvalue weighted by atomic mass is 33.1. The Balaban J connectivity index is 1.64. The zero-order valence-electron chi connectivity index (χ0n) is 13.8. The fourth-order valence-corrected chi connectivity index (χ4v) is 7.26. The van der Waals surface area contributed by atoms with Crippen LogP contribution in [-0.4, -0.2) is 36.3 Å². The van der Waals surface area contributed by atoms with Crippen LogP contribution >= 0.6 is 21.6 Å². The summed E-state index contributed by atoms with van der Waals surface area (Å²) in [5, 5.41) is 0. The van der Waals surface area contributed by atoms with Crippen LogP contribution in [0.1, 0.15) is 51.4 Å². The molecule has 0 aromatic carbocycles. The number of hydrogen-bond donors (Lipinski definition) is 0. The zero-order valence-corrected chi connectivity index (χ0v) is 15.5. The van der Waals surface area contributed by atoms with Gasteiger partial charge in [0.1, 0.15) is 13.2 Å². The molecule has 2 bridgehead atoms. The van der Waals surface area contributed by atoms with E-state index in [0.717, 1.165) is 43.6 Å². The van der Waals surface area contributed by atoms with E-state index >= 15 is 0 Å². The SMILES string of the molecule is O=C1COCC(=O)C2CCCC2CSSCC2CCCCC1C2. The molecule has 1 saturated heterocycles. The van der Waals surface area contributed by atoms with E-state index in [2.05, 4.69) is 0 Å². The summed E-state index contributed by atoms with van der Waals surface area (Å²) in [5.41, 5.74) is 0. The first kappa shape index (κ1) is 17.8. The summed E-state index contributed by atoms with van der Waals surface area (Å²) >= 11 is 0. The molecule has 0 N–H and O–H groups in total. The molecule has 130 valence electrons. The second-order valence-electron chi connectivity index (χ2n) is 7.38. The van der Waals surface area contributed by atoms with Crippen molar-refractivity contribution in [2.45, 2.75) is 51.4 Å². The van der Waals surface area contributed by atoms with Gasteiger partial charge in [0.25, 0.3) is 0 Å². The van der Waals surface area contributed by atoms with Crippen LogP contribution in [0.3, 0.4) is 0 Å². The van der Waals surface area contributed by atoms with Gasteiger partial charge in [-0.15, -0.1) is 0 Å². The molecule has 0 aromatic heterocycles. The maximum Gasteiger partial charge on any atom is 0.161 e. The molecular formula is C18H28O3S2. The summed E-state index contributed by atoms with van der Waals surface area (Å²) in [4.78, 5) is 24.8. The highest BCUT2D eigenvalue weighted by Gasteiger charge is 2.33. The summed E-state index contributed by atoms with van der Waals surface area (Å²) in [6.07, 6.45) is 9.06. The minimum atomic E-state index is 0.140. The number of fused-ring (bicyclic) bond motifs is 3. The molecule has 1 aliphatic heterocycles. The molecule has 3 fully saturated rings. The monoisotopic (exact) mass is 356 g/mol. The van der Waals surface area contributed by atoms with Crippen molar-refractivity contribution in [3.05, 3.63) is 0 Å². The molecule has 0 spiro atoms. The van der Waals surface area contributed by atoms with Crippen LogP contribution in [0.15, 0.2) is 0 Å². The van der Waals surface area contributed by atoms with Gasteiger partial charge in [0.15, 0.2) is 11.6 Å². The molecule has 3 aliphatic rings. The van der Waals surface area contributed by atoms with Crippen molar-refractivity contribution >= 4 is 33.2 Å². The quantitative estimate of drug-likeness (QED) is 0.610. The fourth-order valence-electron chi connectivity index (χ4n) is 4.32. The van der Waals surface area contributed by atoms with Gasteiger partial charge in [0.05, 0.1) is 0 Å². The highest BCUT2D eigenvalue weighted by Crippen LogP contribution is 2.40. The number of ketones is 2. The average molecular weight is 357 g/mol. The van der Waals surface area contributed by atoms with Gasteiger partial charge >= 0.3 is 0 Å². The van der Waals surface area contributed by atoms with E-state index in [1.54, 1.807) is 0 Å². The Kier molecular flexibility index (Phi) is 6.90. The number of hydrogen-bond acceptors (Lipinski definition) is 5. The summed E-state index contributed by atoms with van der Waals surface area (Å²) in [7, 11) is 3.92. The lowest BCUT2D eigenvalue weighted by molar-refractivity contribution is -0.133. The molecule has 0 aromatic rings. The van der Waals surface area contributed by atoms with Crippen molar-refractivity contribution < 1.29 is 14.3 Å². The molecule has 23 heavy (non-hydrogen) atoms. The summed E-state index contributed by atoms with van der Waals surface area (Å²) in [5.74, 6) is 4.21. The summed E-state index contributed by atoms with van der Waals surface area (Å²) in [6.45, 7) is 0.281. The molecule has 3 rings (SSSR count). The first-order valence-electron chi connectivity index (χ1n) is 9.11. The Morgan fingerprint density at radius 2 is 1.61 bits per heavy atom. The number of ether oxygens (including phenoxy) is 1. The molecule has 0 amide bonds. The Hall–Kier alpha value is 0. The van der Waals surface area contributed by atoms with Gasteiger partial charge in [-0.25, -0.2) is 0 Å². The van der Waals surface area contributed by atoms with E-state index in [0.29, 0.717) is 11.8 Å². The second kappa shape index (κ2) is 8.91. The lowest BCUT2D eigenvalue weighted by Crippen LogP contribution is -2.28. The number of carbonyl (C=O) groups excluding carboxylic acids is 2. The average Bonchev–Trinajstić information content (AvgIpc) is 2.88. The Morgan fingerprint density at radius 1 is 0.826 bits per heavy atom. The van der Waals surface area contributed by atoms with Gasteiger partial charge in [-0.2, -0.15) is 0 Å². The molecular weight excluding hydrogens is 328 g/mol. The van der Waals surface area contributed by atoms with Gasteiger partial charge in [-0.05, 0) is 43.9 Å². The smallest absolute Gasteiger partial charge is 0.161 e. The molecule has 1 heterocycles. The molecule has 3 nitrogen and oxygen atoms in total. The van der Waals surface area contributed by atoms with Crippen LogP contribution in [0.2, 0.25) is 0 Å². The van der Waals surface area contributed by atoms with Crippen LogP contribution in [0.5, 0.6) is 0 Å². The maximum absolute atomic E-state index is 12.4. The van der Waals surface area contributed by atoms with Crippen molar-refractivity contribution in [2.24, 2.45) is 23.7 Å². The number of rotatable bonds is 0. The third-order valence-corrected chi connectivity index (χ3v) is 8.37. The minimum Gasteiger partial charge on any atom is -0.366 e. The predicted octanol–water partition coefficient (Wildman–Crippen LogP) is 4.15. The van der Waals surface area contributed by atoms with Crippen molar-refractivity contribution in [3.8, 4) is 0 Å². The van der Waals surface area contributed by atoms with Crippen molar-refractivity contribution in [2.75, 3.05) is 24.7 Å². The van der Waals surface area contributed by atoms with Gasteiger partial charge < -0.3 is 4.74 Å². The normalized spacial score (nSPS) is 37.7. The van der Waals surface area contributed by atoms with E-state index in [4.69, 9.17) is 4.74 Å². The molecule has 4 unspecified atom stereocenters. The highest BCUT2D eigenvalue weighted by molar-refractivity contribution is 8.76. The van der Waals surface area contributed by atoms with Gasteiger partial charge in [-0.3, -0.25) is 9.59 Å². The van der Waals surface area contributed by atoms with E-state index in [1.807, 2.05) is 21.6 Å². The van der Waals surface area contributed by atoms with Gasteiger partial charge in [-0.1, -0.05) is 40.9 Å². The van der Waals surface area contributed by atoms with E-state index in [9.17, 15) is 9.59 Å². The molecule has 2 aliphatic carbocycles. The first-order chi connectivity index (χ1) is 11.2. The predicted molar refractivity (Wildman–Crippen MR) is 96.6 cm³/mol. The molecule has 0 radical (unpaired) electrons. The maximum atomic E-state index is 12.4. The van der Waals surface area contributed by atoms with Gasteiger partial charge in [0, 0.05) is 23.3 Å². The third-order valence-electron chi connectivity index (χ3n) is 5.72. The Bertz CT molecular complexity index is 426. The van der Waals surface area contributed by atoms with Crippen molar-refractivity contribution in [3.63, 3.8) is 0 Å². The Labute approximate surface area is 147 Å². The zero-order chi connectivity index (χ0) is 16.1. The molecule has 2 saturated carbocycles. The minimum absolute atomic E-state index is 0.140. The van der Waals surface area contributed by atoms with Crippen LogP contribution in [0, 0.1) is 23.7 Å². The van der Waals surface area contributed by atoms with Crippen LogP contribution in [0.4, 0.5) is 0 Å². The largest absolute Gasteiger partial charge is 0.366 e. The van der Waals surface area contributed by atoms with E-state index in [-0.39, 0.29) is 36.6 Å². The van der Waals surface area contributed by atoms with Crippen LogP contribution in [-0.2, 0) is 14.3 Å². The topological polar surface area (TPSA) is 43.4 Å². The summed E-state index contributed by atoms with van der Waals surface area (Å²) < 4.78 is 5.53. The van der Waals surface area contributed by atoms with Gasteiger partial charge in [0.2, 0.25) is 0 Å². The summed E-state index contributed by atoms with van der Waals surface area (Å²) in [6, 6.07) is 0. The number of Topliss-reactive ketones (excluding diaryl/α,β-unsaturated/α-hetero) is 2. The lowest BCUT2D eigenvalue weighted by atomic mass is 9.91. The van der Waals surface area contributed by atoms with E-state index < -0.39 is 0 Å². The van der Waals surface area contributed by atoms with Crippen molar-refractivity contribution in [1.82, 2.24) is 0 Å². The number of carbonyl (C=O) groups is 2. The van der Waals surface area contributed by atoms with E-state index in [1.165, 1.54) is 19.3 Å². The standard InChI is InChI=1S/C18H28O3S2/c19-17-9-21-10-18(20)16-7-3-6-15(16)12-23-22-11-13-4-1-2-5-14(17)8-13/h13-16H,1-12H2. The first-order valence-corrected chi connectivity index (χ1v) is 11.6. The third kappa shape index (κ3) is 4.99. The van der Waals surface area contributed by atoms with Crippen LogP contribution < -0.4 is 0 Å². The molecule has 4 atom stereocenters. The lowest BCUT2D eigenvalue weighted by Gasteiger charge is -2.22.